The first-order valence-corrected chi connectivity index (χ1v) is 15.3. The first-order valence-electron chi connectivity index (χ1n) is 15.3. The van der Waals surface area contributed by atoms with Crippen molar-refractivity contribution in [2.45, 2.75) is 18.6 Å². The molecule has 2 aromatic heterocycles. The third-order valence-electron chi connectivity index (χ3n) is 9.26. The second-order valence-corrected chi connectivity index (χ2v) is 11.9. The van der Waals surface area contributed by atoms with Crippen LogP contribution in [0.4, 0.5) is 11.4 Å². The van der Waals surface area contributed by atoms with Crippen LogP contribution in [0.25, 0.3) is 44.1 Å². The summed E-state index contributed by atoms with van der Waals surface area (Å²) in [5, 5.41) is 16.6. The predicted molar refractivity (Wildman–Crippen MR) is 171 cm³/mol. The summed E-state index contributed by atoms with van der Waals surface area (Å²) >= 11 is 0. The van der Waals surface area contributed by atoms with Crippen molar-refractivity contribution < 1.29 is 14.2 Å². The molecule has 6 aromatic rings. The minimum absolute atomic E-state index is 0.416. The van der Waals surface area contributed by atoms with Gasteiger partial charge in [0.1, 0.15) is 0 Å². The summed E-state index contributed by atoms with van der Waals surface area (Å²) < 4.78 is 18.6. The van der Waals surface area contributed by atoms with Crippen molar-refractivity contribution in [2.24, 2.45) is 0 Å². The highest BCUT2D eigenvalue weighted by atomic mass is 16.5. The molecule has 5 heterocycles. The van der Waals surface area contributed by atoms with Gasteiger partial charge in [-0.15, -0.1) is 0 Å². The molecule has 0 aliphatic carbocycles. The third kappa shape index (κ3) is 4.52. The SMILES string of the molecule is c1cc2c(cc1-c1ccc3[nH]ncc3c1)Oc1cc(-c3ccc4[nH]ncc4c3)ccc1N2CCOCCN1C[C@H]2C[C@@H]1CO2. The number of nitrogens with zero attached hydrogens (tertiary/aromatic N) is 4. The molecule has 9 rings (SSSR count). The van der Waals surface area contributed by atoms with Gasteiger partial charge in [-0.3, -0.25) is 15.1 Å². The molecule has 2 atom stereocenters. The number of aromatic nitrogens is 4. The molecule has 0 spiro atoms. The number of hydrogen-bond donors (Lipinski definition) is 2. The van der Waals surface area contributed by atoms with Crippen molar-refractivity contribution in [2.75, 3.05) is 44.4 Å². The highest BCUT2D eigenvalue weighted by molar-refractivity contribution is 5.88. The average molecular weight is 585 g/mol. The minimum Gasteiger partial charge on any atom is -0.453 e. The highest BCUT2D eigenvalue weighted by Crippen LogP contribution is 2.49. The standard InChI is InChI=1S/C35H32N6O3/c1-5-30-26(18-36-38-30)13-22(1)24-3-7-32-34(15-24)44-35-16-25(23-2-6-31-27(14-23)19-37-39-31)4-8-33(35)41(32)10-12-42-11-9-40-20-29-17-28(40)21-43-29/h1-8,13-16,18-19,28-29H,9-12,17,20-21H2,(H,36,38)(H,37,39)/t28-,29-/m1/s1. The summed E-state index contributed by atoms with van der Waals surface area (Å²) in [4.78, 5) is 4.84. The van der Waals surface area contributed by atoms with Crippen molar-refractivity contribution in [1.29, 1.82) is 0 Å². The van der Waals surface area contributed by atoms with Crippen molar-refractivity contribution in [3.05, 3.63) is 85.2 Å². The second-order valence-electron chi connectivity index (χ2n) is 11.9. The van der Waals surface area contributed by atoms with Crippen LogP contribution in [0.2, 0.25) is 0 Å². The van der Waals surface area contributed by atoms with E-state index in [4.69, 9.17) is 14.2 Å². The molecule has 220 valence electrons. The van der Waals surface area contributed by atoms with Gasteiger partial charge in [0.25, 0.3) is 0 Å². The van der Waals surface area contributed by atoms with Crippen molar-refractivity contribution in [3.63, 3.8) is 0 Å². The number of aromatic amines is 2. The molecule has 3 aliphatic heterocycles. The first kappa shape index (κ1) is 25.8. The molecule has 2 saturated heterocycles. The quantitative estimate of drug-likeness (QED) is 0.197. The van der Waals surface area contributed by atoms with E-state index in [1.807, 2.05) is 12.4 Å². The Balaban J connectivity index is 1.01. The molecule has 0 saturated carbocycles. The Kier molecular flexibility index (Phi) is 6.14. The number of benzene rings is 4. The lowest BCUT2D eigenvalue weighted by Gasteiger charge is -2.33. The van der Waals surface area contributed by atoms with Crippen LogP contribution in [-0.2, 0) is 9.47 Å². The van der Waals surface area contributed by atoms with Crippen molar-refractivity contribution in [1.82, 2.24) is 25.3 Å². The molecule has 4 aromatic carbocycles. The molecule has 9 nitrogen and oxygen atoms in total. The number of rotatable bonds is 8. The summed E-state index contributed by atoms with van der Waals surface area (Å²) in [5.41, 5.74) is 8.55. The summed E-state index contributed by atoms with van der Waals surface area (Å²) in [7, 11) is 0. The topological polar surface area (TPSA) is 91.5 Å². The maximum absolute atomic E-state index is 6.66. The fourth-order valence-electron chi connectivity index (χ4n) is 6.92. The molecule has 2 bridgehead atoms. The number of ether oxygens (including phenoxy) is 3. The zero-order chi connectivity index (χ0) is 29.0. The van der Waals surface area contributed by atoms with Crippen LogP contribution in [0, 0.1) is 0 Å². The number of nitrogens with one attached hydrogen (secondary N) is 2. The largest absolute Gasteiger partial charge is 0.453 e. The summed E-state index contributed by atoms with van der Waals surface area (Å²) in [6.45, 7) is 4.91. The fourth-order valence-corrected chi connectivity index (χ4v) is 6.92. The van der Waals surface area contributed by atoms with Crippen LogP contribution in [-0.4, -0.2) is 76.9 Å². The average Bonchev–Trinajstić information content (AvgIpc) is 3.88. The summed E-state index contributed by atoms with van der Waals surface area (Å²) in [5.74, 6) is 1.66. The fraction of sp³-hybridized carbons (Fsp3) is 0.257. The lowest BCUT2D eigenvalue weighted by Crippen LogP contribution is -2.39. The number of hydrogen-bond acceptors (Lipinski definition) is 7. The molecule has 2 N–H and O–H groups in total. The minimum atomic E-state index is 0.416. The maximum Gasteiger partial charge on any atom is 0.151 e. The Bertz CT molecular complexity index is 1880. The Morgan fingerprint density at radius 3 is 1.91 bits per heavy atom. The van der Waals surface area contributed by atoms with Gasteiger partial charge in [0.15, 0.2) is 11.5 Å². The second kappa shape index (κ2) is 10.5. The highest BCUT2D eigenvalue weighted by Gasteiger charge is 2.38. The van der Waals surface area contributed by atoms with E-state index in [9.17, 15) is 0 Å². The van der Waals surface area contributed by atoms with E-state index in [2.05, 4.69) is 103 Å². The van der Waals surface area contributed by atoms with E-state index in [0.717, 1.165) is 106 Å². The van der Waals surface area contributed by atoms with E-state index in [1.165, 1.54) is 0 Å². The van der Waals surface area contributed by atoms with E-state index in [1.54, 1.807) is 0 Å². The van der Waals surface area contributed by atoms with Crippen LogP contribution in [0.15, 0.2) is 85.2 Å². The number of likely N-dealkylation sites (tertiary alicyclic amines) is 1. The smallest absolute Gasteiger partial charge is 0.151 e. The third-order valence-corrected chi connectivity index (χ3v) is 9.26. The predicted octanol–water partition coefficient (Wildman–Crippen LogP) is 6.51. The van der Waals surface area contributed by atoms with Gasteiger partial charge in [-0.1, -0.05) is 24.3 Å². The van der Waals surface area contributed by atoms with Crippen molar-refractivity contribution >= 4 is 33.2 Å². The van der Waals surface area contributed by atoms with Gasteiger partial charge in [-0.25, -0.2) is 0 Å². The Morgan fingerprint density at radius 2 is 1.32 bits per heavy atom. The van der Waals surface area contributed by atoms with Crippen molar-refractivity contribution in [3.8, 4) is 33.8 Å². The van der Waals surface area contributed by atoms with E-state index >= 15 is 0 Å². The van der Waals surface area contributed by atoms with Gasteiger partial charge in [-0.2, -0.15) is 10.2 Å². The number of morpholine rings is 1. The molecule has 44 heavy (non-hydrogen) atoms. The van der Waals surface area contributed by atoms with E-state index in [0.29, 0.717) is 18.8 Å². The van der Waals surface area contributed by atoms with Crippen LogP contribution in [0.3, 0.4) is 0 Å². The lowest BCUT2D eigenvalue weighted by molar-refractivity contribution is 0.0163. The monoisotopic (exact) mass is 584 g/mol. The molecular weight excluding hydrogens is 552 g/mol. The summed E-state index contributed by atoms with van der Waals surface area (Å²) in [6, 6.07) is 26.2. The van der Waals surface area contributed by atoms with Gasteiger partial charge in [0.2, 0.25) is 0 Å². The Labute approximate surface area is 254 Å². The maximum atomic E-state index is 6.66. The molecule has 2 fully saturated rings. The molecular formula is C35H32N6O3. The zero-order valence-corrected chi connectivity index (χ0v) is 24.2. The molecule has 3 aliphatic rings. The molecule has 0 unspecified atom stereocenters. The number of anilines is 2. The van der Waals surface area contributed by atoms with Gasteiger partial charge < -0.3 is 19.1 Å². The Morgan fingerprint density at radius 1 is 0.727 bits per heavy atom. The number of H-pyrrole nitrogens is 2. The van der Waals surface area contributed by atoms with E-state index in [-0.39, 0.29) is 0 Å². The Hall–Kier alpha value is -4.70. The summed E-state index contributed by atoms with van der Waals surface area (Å²) in [6.07, 6.45) is 5.29. The molecule has 0 radical (unpaired) electrons. The zero-order valence-electron chi connectivity index (χ0n) is 24.2. The van der Waals surface area contributed by atoms with Gasteiger partial charge >= 0.3 is 0 Å². The van der Waals surface area contributed by atoms with Gasteiger partial charge in [0.05, 0.1) is 60.7 Å². The molecule has 9 heteroatoms. The van der Waals surface area contributed by atoms with Gasteiger partial charge in [0, 0.05) is 36.4 Å². The van der Waals surface area contributed by atoms with Crippen LogP contribution >= 0.6 is 0 Å². The number of fused-ring (bicyclic) bond motifs is 6. The van der Waals surface area contributed by atoms with Crippen LogP contribution in [0.5, 0.6) is 11.5 Å². The van der Waals surface area contributed by atoms with E-state index < -0.39 is 0 Å². The van der Waals surface area contributed by atoms with Gasteiger partial charge in [-0.05, 0) is 77.2 Å². The first-order chi connectivity index (χ1) is 21.7. The lowest BCUT2D eigenvalue weighted by atomic mass is 10.0. The normalized spacial score (nSPS) is 19.0. The molecule has 0 amide bonds. The van der Waals surface area contributed by atoms with Crippen LogP contribution < -0.4 is 9.64 Å². The van der Waals surface area contributed by atoms with Crippen LogP contribution in [0.1, 0.15) is 6.42 Å².